The highest BCUT2D eigenvalue weighted by Crippen LogP contribution is 2.35. The molecule has 2 aromatic heterocycles. The van der Waals surface area contributed by atoms with E-state index in [1.807, 2.05) is 12.1 Å². The Labute approximate surface area is 196 Å². The molecule has 1 amide bonds. The predicted molar refractivity (Wildman–Crippen MR) is 134 cm³/mol. The Morgan fingerprint density at radius 1 is 1.06 bits per heavy atom. The van der Waals surface area contributed by atoms with Gasteiger partial charge in [0.25, 0.3) is 0 Å². The Morgan fingerprint density at radius 3 is 2.70 bits per heavy atom. The number of fused-ring (bicyclic) bond motifs is 1. The molecule has 1 fully saturated rings. The highest BCUT2D eigenvalue weighted by molar-refractivity contribution is 5.96. The predicted octanol–water partition coefficient (Wildman–Crippen LogP) is 5.93. The van der Waals surface area contributed by atoms with Crippen molar-refractivity contribution in [3.63, 3.8) is 0 Å². The lowest BCUT2D eigenvalue weighted by Gasteiger charge is -2.25. The lowest BCUT2D eigenvalue weighted by atomic mass is 9.85. The SMILES string of the molecule is CC(C)c1ccccc1-c1ccc2c(n1)C(C(=O)Nc1ccnc(N3CCCC3)c1)CCC2. The van der Waals surface area contributed by atoms with Crippen LogP contribution in [-0.2, 0) is 11.2 Å². The Balaban J connectivity index is 1.42. The minimum atomic E-state index is -0.233. The van der Waals surface area contributed by atoms with Gasteiger partial charge in [-0.1, -0.05) is 44.2 Å². The van der Waals surface area contributed by atoms with E-state index in [9.17, 15) is 4.79 Å². The van der Waals surface area contributed by atoms with Crippen LogP contribution in [0, 0.1) is 0 Å². The summed E-state index contributed by atoms with van der Waals surface area (Å²) in [5.74, 6) is 1.15. The molecule has 5 nitrogen and oxygen atoms in total. The van der Waals surface area contributed by atoms with Crippen molar-refractivity contribution >= 4 is 17.4 Å². The lowest BCUT2D eigenvalue weighted by Crippen LogP contribution is -2.26. The zero-order chi connectivity index (χ0) is 22.8. The molecule has 33 heavy (non-hydrogen) atoms. The molecule has 5 rings (SSSR count). The molecule has 1 atom stereocenters. The van der Waals surface area contributed by atoms with Crippen LogP contribution in [0.3, 0.4) is 0 Å². The fraction of sp³-hybridized carbons (Fsp3) is 0.393. The molecule has 0 spiro atoms. The van der Waals surface area contributed by atoms with Crippen LogP contribution in [0.1, 0.15) is 68.2 Å². The number of hydrogen-bond acceptors (Lipinski definition) is 4. The molecule has 1 aliphatic carbocycles. The molecule has 1 saturated heterocycles. The largest absolute Gasteiger partial charge is 0.357 e. The van der Waals surface area contributed by atoms with E-state index in [1.54, 1.807) is 6.20 Å². The maximum atomic E-state index is 13.4. The Morgan fingerprint density at radius 2 is 1.88 bits per heavy atom. The standard InChI is InChI=1S/C28H32N4O/c1-19(2)22-9-3-4-10-23(22)25-13-12-20-8-7-11-24(27(20)31-25)28(33)30-21-14-15-29-26(18-21)32-16-5-6-17-32/h3-4,9-10,12-15,18-19,24H,5-8,11,16-17H2,1-2H3,(H,29,30,33). The number of aryl methyl sites for hydroxylation is 1. The van der Waals surface area contributed by atoms with E-state index < -0.39 is 0 Å². The van der Waals surface area contributed by atoms with Crippen molar-refractivity contribution in [1.82, 2.24) is 9.97 Å². The second-order valence-corrected chi connectivity index (χ2v) is 9.51. The summed E-state index contributed by atoms with van der Waals surface area (Å²) in [7, 11) is 0. The first kappa shape index (κ1) is 21.6. The molecule has 1 aliphatic heterocycles. The van der Waals surface area contributed by atoms with Crippen molar-refractivity contribution < 1.29 is 4.79 Å². The van der Waals surface area contributed by atoms with E-state index in [0.29, 0.717) is 5.92 Å². The topological polar surface area (TPSA) is 58.1 Å². The summed E-state index contributed by atoms with van der Waals surface area (Å²) in [6, 6.07) is 16.6. The van der Waals surface area contributed by atoms with Crippen molar-refractivity contribution in [1.29, 1.82) is 0 Å². The first-order chi connectivity index (χ1) is 16.1. The van der Waals surface area contributed by atoms with Crippen LogP contribution in [0.2, 0.25) is 0 Å². The zero-order valence-electron chi connectivity index (χ0n) is 19.6. The minimum absolute atomic E-state index is 0.0244. The van der Waals surface area contributed by atoms with E-state index >= 15 is 0 Å². The number of anilines is 2. The van der Waals surface area contributed by atoms with Gasteiger partial charge in [0.1, 0.15) is 5.82 Å². The fourth-order valence-electron chi connectivity index (χ4n) is 5.13. The average molecular weight is 441 g/mol. The summed E-state index contributed by atoms with van der Waals surface area (Å²) in [4.78, 5) is 25.3. The summed E-state index contributed by atoms with van der Waals surface area (Å²) in [5, 5.41) is 3.16. The third-order valence-corrected chi connectivity index (χ3v) is 6.90. The van der Waals surface area contributed by atoms with Gasteiger partial charge in [-0.15, -0.1) is 0 Å². The molecule has 0 saturated carbocycles. The summed E-state index contributed by atoms with van der Waals surface area (Å²) >= 11 is 0. The van der Waals surface area contributed by atoms with Gasteiger partial charge in [0.15, 0.2) is 0 Å². The fourth-order valence-corrected chi connectivity index (χ4v) is 5.13. The second-order valence-electron chi connectivity index (χ2n) is 9.51. The molecule has 0 bridgehead atoms. The Kier molecular flexibility index (Phi) is 6.12. The van der Waals surface area contributed by atoms with Crippen molar-refractivity contribution in [2.75, 3.05) is 23.3 Å². The van der Waals surface area contributed by atoms with Crippen molar-refractivity contribution in [2.45, 2.75) is 57.8 Å². The highest BCUT2D eigenvalue weighted by Gasteiger charge is 2.29. The van der Waals surface area contributed by atoms with Gasteiger partial charge < -0.3 is 10.2 Å². The third-order valence-electron chi connectivity index (χ3n) is 6.90. The van der Waals surface area contributed by atoms with Crippen LogP contribution in [0.5, 0.6) is 0 Å². The molecule has 3 aromatic rings. The molecule has 0 radical (unpaired) electrons. The Hall–Kier alpha value is -3.21. The number of hydrogen-bond donors (Lipinski definition) is 1. The molecule has 1 aromatic carbocycles. The molecule has 1 N–H and O–H groups in total. The van der Waals surface area contributed by atoms with Gasteiger partial charge >= 0.3 is 0 Å². The smallest absolute Gasteiger partial charge is 0.233 e. The van der Waals surface area contributed by atoms with Gasteiger partial charge in [-0.05, 0) is 61.3 Å². The van der Waals surface area contributed by atoms with Gasteiger partial charge in [-0.3, -0.25) is 9.78 Å². The summed E-state index contributed by atoms with van der Waals surface area (Å²) in [6.07, 6.45) is 7.00. The number of carbonyl (C=O) groups is 1. The number of benzene rings is 1. The van der Waals surface area contributed by atoms with E-state index in [1.165, 1.54) is 24.0 Å². The van der Waals surface area contributed by atoms with Crippen LogP contribution in [0.25, 0.3) is 11.3 Å². The van der Waals surface area contributed by atoms with Crippen molar-refractivity contribution in [3.05, 3.63) is 71.5 Å². The molecule has 170 valence electrons. The van der Waals surface area contributed by atoms with Gasteiger partial charge in [-0.25, -0.2) is 4.98 Å². The molecule has 1 unspecified atom stereocenters. The van der Waals surface area contributed by atoms with Crippen molar-refractivity contribution in [3.8, 4) is 11.3 Å². The summed E-state index contributed by atoms with van der Waals surface area (Å²) in [5.41, 5.74) is 6.34. The maximum Gasteiger partial charge on any atom is 0.233 e. The molecule has 3 heterocycles. The normalized spacial score (nSPS) is 17.8. The van der Waals surface area contributed by atoms with Crippen LogP contribution in [0.15, 0.2) is 54.7 Å². The number of pyridine rings is 2. The van der Waals surface area contributed by atoms with Crippen molar-refractivity contribution in [2.24, 2.45) is 0 Å². The summed E-state index contributed by atoms with van der Waals surface area (Å²) < 4.78 is 0. The summed E-state index contributed by atoms with van der Waals surface area (Å²) in [6.45, 7) is 6.48. The van der Waals surface area contributed by atoms with Gasteiger partial charge in [0.05, 0.1) is 17.3 Å². The second kappa shape index (κ2) is 9.34. The van der Waals surface area contributed by atoms with E-state index in [4.69, 9.17) is 4.98 Å². The van der Waals surface area contributed by atoms with Crippen LogP contribution >= 0.6 is 0 Å². The maximum absolute atomic E-state index is 13.4. The molecule has 5 heteroatoms. The lowest BCUT2D eigenvalue weighted by molar-refractivity contribution is -0.118. The van der Waals surface area contributed by atoms with Crippen LogP contribution in [0.4, 0.5) is 11.5 Å². The number of amides is 1. The quantitative estimate of drug-likeness (QED) is 0.534. The number of nitrogens with zero attached hydrogens (tertiary/aromatic N) is 3. The monoisotopic (exact) mass is 440 g/mol. The van der Waals surface area contributed by atoms with Gasteiger partial charge in [0.2, 0.25) is 5.91 Å². The third kappa shape index (κ3) is 4.50. The highest BCUT2D eigenvalue weighted by atomic mass is 16.1. The molecular weight excluding hydrogens is 408 g/mol. The van der Waals surface area contributed by atoms with Crippen LogP contribution in [-0.4, -0.2) is 29.0 Å². The first-order valence-electron chi connectivity index (χ1n) is 12.2. The number of carbonyl (C=O) groups excluding carboxylic acids is 1. The number of aromatic nitrogens is 2. The Bertz CT molecular complexity index is 1150. The zero-order valence-corrected chi connectivity index (χ0v) is 19.6. The van der Waals surface area contributed by atoms with E-state index in [0.717, 1.165) is 60.8 Å². The molecular formula is C28H32N4O. The number of rotatable bonds is 5. The first-order valence-corrected chi connectivity index (χ1v) is 12.2. The molecule has 2 aliphatic rings. The van der Waals surface area contributed by atoms with E-state index in [-0.39, 0.29) is 11.8 Å². The van der Waals surface area contributed by atoms with E-state index in [2.05, 4.69) is 65.4 Å². The van der Waals surface area contributed by atoms with Crippen LogP contribution < -0.4 is 10.2 Å². The average Bonchev–Trinajstić information content (AvgIpc) is 3.38. The number of nitrogens with one attached hydrogen (secondary N) is 1. The van der Waals surface area contributed by atoms with Gasteiger partial charge in [0, 0.05) is 36.6 Å². The van der Waals surface area contributed by atoms with Gasteiger partial charge in [-0.2, -0.15) is 0 Å². The minimum Gasteiger partial charge on any atom is -0.357 e.